The highest BCUT2D eigenvalue weighted by Gasteiger charge is 2.17. The fourth-order valence-electron chi connectivity index (χ4n) is 1.83. The van der Waals surface area contributed by atoms with Gasteiger partial charge in [-0.2, -0.15) is 5.10 Å². The topological polar surface area (TPSA) is 52.0 Å². The number of nitrogens with zero attached hydrogens (tertiary/aromatic N) is 2. The van der Waals surface area contributed by atoms with E-state index in [2.05, 4.69) is 5.10 Å². The molecule has 4 heteroatoms. The van der Waals surface area contributed by atoms with E-state index in [-0.39, 0.29) is 11.6 Å². The molecule has 1 aromatic carbocycles. The van der Waals surface area contributed by atoms with Crippen molar-refractivity contribution < 1.29 is 9.59 Å². The Hall–Kier alpha value is -2.49. The van der Waals surface area contributed by atoms with Gasteiger partial charge in [0.15, 0.2) is 5.78 Å². The van der Waals surface area contributed by atoms with E-state index in [9.17, 15) is 9.59 Å². The molecule has 0 unspecified atom stereocenters. The highest BCUT2D eigenvalue weighted by atomic mass is 16.1. The number of rotatable bonds is 1. The van der Waals surface area contributed by atoms with Crippen LogP contribution in [0, 0.1) is 0 Å². The first-order valence-electron chi connectivity index (χ1n) is 5.17. The second kappa shape index (κ2) is 3.52. The van der Waals surface area contributed by atoms with Crippen LogP contribution < -0.4 is 0 Å². The summed E-state index contributed by atoms with van der Waals surface area (Å²) in [4.78, 5) is 23.0. The van der Waals surface area contributed by atoms with Crippen LogP contribution >= 0.6 is 0 Å². The molecule has 0 amide bonds. The number of ketones is 2. The van der Waals surface area contributed by atoms with Gasteiger partial charge in [-0.05, 0) is 18.2 Å². The van der Waals surface area contributed by atoms with E-state index in [0.29, 0.717) is 5.70 Å². The maximum atomic E-state index is 11.7. The van der Waals surface area contributed by atoms with Crippen LogP contribution in [0.2, 0.25) is 0 Å². The summed E-state index contributed by atoms with van der Waals surface area (Å²) >= 11 is 0. The fraction of sp³-hybridized carbons (Fsp3) is 0. The quantitative estimate of drug-likeness (QED) is 0.691. The maximum Gasteiger partial charge on any atom is 0.204 e. The molecular weight excluding hydrogens is 216 g/mol. The van der Waals surface area contributed by atoms with E-state index in [4.69, 9.17) is 0 Å². The van der Waals surface area contributed by atoms with Crippen LogP contribution in [-0.4, -0.2) is 21.3 Å². The summed E-state index contributed by atoms with van der Waals surface area (Å²) in [5.74, 6) is -0.405. The molecule has 0 N–H and O–H groups in total. The predicted octanol–water partition coefficient (Wildman–Crippen LogP) is 1.59. The molecule has 3 rings (SSSR count). The van der Waals surface area contributed by atoms with Crippen molar-refractivity contribution in [3.63, 3.8) is 0 Å². The molecule has 0 radical (unpaired) electrons. The van der Waals surface area contributed by atoms with E-state index in [0.717, 1.165) is 10.9 Å². The number of benzene rings is 1. The summed E-state index contributed by atoms with van der Waals surface area (Å²) in [7, 11) is 0. The predicted molar refractivity (Wildman–Crippen MR) is 63.2 cm³/mol. The first-order chi connectivity index (χ1) is 8.25. The molecule has 0 saturated heterocycles. The maximum absolute atomic E-state index is 11.7. The van der Waals surface area contributed by atoms with Crippen LogP contribution in [0.25, 0.3) is 16.6 Å². The number of para-hydroxylation sites is 1. The Balaban J connectivity index is 2.22. The Kier molecular flexibility index (Phi) is 2.01. The lowest BCUT2D eigenvalue weighted by atomic mass is 10.1. The fourth-order valence-corrected chi connectivity index (χ4v) is 1.83. The molecule has 2 aromatic rings. The number of carbonyl (C=O) groups is 2. The lowest BCUT2D eigenvalue weighted by Gasteiger charge is -2.07. The molecule has 1 heterocycles. The zero-order valence-corrected chi connectivity index (χ0v) is 8.83. The Morgan fingerprint density at radius 1 is 1.06 bits per heavy atom. The van der Waals surface area contributed by atoms with Gasteiger partial charge in [0.2, 0.25) is 5.78 Å². The van der Waals surface area contributed by atoms with Crippen molar-refractivity contribution >= 4 is 28.2 Å². The summed E-state index contributed by atoms with van der Waals surface area (Å²) in [6.45, 7) is 0. The smallest absolute Gasteiger partial charge is 0.204 e. The van der Waals surface area contributed by atoms with Crippen molar-refractivity contribution in [2.75, 3.05) is 0 Å². The molecule has 4 nitrogen and oxygen atoms in total. The zero-order chi connectivity index (χ0) is 11.8. The van der Waals surface area contributed by atoms with Crippen LogP contribution in [0.3, 0.4) is 0 Å². The van der Waals surface area contributed by atoms with Crippen molar-refractivity contribution in [2.45, 2.75) is 0 Å². The highest BCUT2D eigenvalue weighted by molar-refractivity contribution is 6.30. The van der Waals surface area contributed by atoms with E-state index < -0.39 is 0 Å². The number of aromatic nitrogens is 2. The first-order valence-corrected chi connectivity index (χ1v) is 5.17. The minimum atomic E-state index is -0.210. The van der Waals surface area contributed by atoms with Gasteiger partial charge in [0.25, 0.3) is 0 Å². The molecular formula is C13H8N2O2. The first kappa shape index (κ1) is 9.72. The zero-order valence-electron chi connectivity index (χ0n) is 8.83. The van der Waals surface area contributed by atoms with Gasteiger partial charge in [0, 0.05) is 11.5 Å². The third kappa shape index (κ3) is 1.50. The molecule has 1 aromatic heterocycles. The summed E-state index contributed by atoms with van der Waals surface area (Å²) in [6, 6.07) is 7.53. The summed E-state index contributed by atoms with van der Waals surface area (Å²) in [5.41, 5.74) is 1.11. The Labute approximate surface area is 96.8 Å². The average molecular weight is 224 g/mol. The van der Waals surface area contributed by atoms with Gasteiger partial charge in [-0.25, -0.2) is 4.68 Å². The van der Waals surface area contributed by atoms with Gasteiger partial charge in [-0.15, -0.1) is 0 Å². The summed E-state index contributed by atoms with van der Waals surface area (Å²) in [6.07, 6.45) is 5.51. The van der Waals surface area contributed by atoms with E-state index >= 15 is 0 Å². The highest BCUT2D eigenvalue weighted by Crippen LogP contribution is 2.19. The number of hydrogen-bond donors (Lipinski definition) is 0. The van der Waals surface area contributed by atoms with Crippen molar-refractivity contribution in [1.82, 2.24) is 9.78 Å². The van der Waals surface area contributed by atoms with Crippen molar-refractivity contribution in [3.05, 3.63) is 48.7 Å². The standard InChI is InChI=1S/C13H8N2O2/c16-10-5-6-13(17)12(7-10)15-11-4-2-1-3-9(11)8-14-15/h1-8H. The van der Waals surface area contributed by atoms with E-state index in [1.54, 1.807) is 6.20 Å². The average Bonchev–Trinajstić information content (AvgIpc) is 2.76. The van der Waals surface area contributed by atoms with Crippen molar-refractivity contribution in [1.29, 1.82) is 0 Å². The van der Waals surface area contributed by atoms with Crippen LogP contribution in [0.15, 0.2) is 48.7 Å². The lowest BCUT2D eigenvalue weighted by molar-refractivity contribution is -0.113. The van der Waals surface area contributed by atoms with E-state index in [1.165, 1.54) is 22.9 Å². The van der Waals surface area contributed by atoms with E-state index in [1.807, 2.05) is 24.3 Å². The monoisotopic (exact) mass is 224 g/mol. The Morgan fingerprint density at radius 3 is 2.76 bits per heavy atom. The second-order valence-corrected chi connectivity index (χ2v) is 3.74. The number of allylic oxidation sites excluding steroid dienone is 4. The van der Waals surface area contributed by atoms with Crippen LogP contribution in [0.5, 0.6) is 0 Å². The van der Waals surface area contributed by atoms with Gasteiger partial charge in [-0.1, -0.05) is 18.2 Å². The summed E-state index contributed by atoms with van der Waals surface area (Å²) < 4.78 is 1.50. The van der Waals surface area contributed by atoms with Gasteiger partial charge in [0.1, 0.15) is 5.70 Å². The van der Waals surface area contributed by atoms with Gasteiger partial charge >= 0.3 is 0 Å². The SMILES string of the molecule is O=C1C=CC(=O)C(n2ncc3ccccc32)=C1. The van der Waals surface area contributed by atoms with Crippen LogP contribution in [-0.2, 0) is 9.59 Å². The number of carbonyl (C=O) groups excluding carboxylic acids is 2. The van der Waals surface area contributed by atoms with Crippen LogP contribution in [0.4, 0.5) is 0 Å². The molecule has 0 atom stereocenters. The third-order valence-electron chi connectivity index (χ3n) is 2.64. The molecule has 0 aliphatic heterocycles. The second-order valence-electron chi connectivity index (χ2n) is 3.74. The van der Waals surface area contributed by atoms with Gasteiger partial charge in [-0.3, -0.25) is 9.59 Å². The number of fused-ring (bicyclic) bond motifs is 1. The molecule has 1 aliphatic rings. The van der Waals surface area contributed by atoms with Gasteiger partial charge in [0.05, 0.1) is 11.7 Å². The van der Waals surface area contributed by atoms with Crippen LogP contribution in [0.1, 0.15) is 0 Å². The van der Waals surface area contributed by atoms with Gasteiger partial charge < -0.3 is 0 Å². The molecule has 82 valence electrons. The van der Waals surface area contributed by atoms with Crippen molar-refractivity contribution in [3.8, 4) is 0 Å². The lowest BCUT2D eigenvalue weighted by Crippen LogP contribution is -2.13. The third-order valence-corrected chi connectivity index (χ3v) is 2.64. The molecule has 0 fully saturated rings. The molecule has 0 spiro atoms. The molecule has 17 heavy (non-hydrogen) atoms. The minimum absolute atomic E-state index is 0.195. The van der Waals surface area contributed by atoms with Crippen molar-refractivity contribution in [2.24, 2.45) is 0 Å². The summed E-state index contributed by atoms with van der Waals surface area (Å²) in [5, 5.41) is 5.08. The Morgan fingerprint density at radius 2 is 1.88 bits per heavy atom. The Bertz CT molecular complexity index is 692. The number of hydrogen-bond acceptors (Lipinski definition) is 3. The molecule has 1 aliphatic carbocycles. The minimum Gasteiger partial charge on any atom is -0.290 e. The molecule has 0 saturated carbocycles. The normalized spacial score (nSPS) is 15.4. The molecule has 0 bridgehead atoms. The largest absolute Gasteiger partial charge is 0.290 e.